The summed E-state index contributed by atoms with van der Waals surface area (Å²) in [5.41, 5.74) is 1.94. The number of amides is 1. The van der Waals surface area contributed by atoms with Gasteiger partial charge in [0, 0.05) is 32.5 Å². The first-order valence-electron chi connectivity index (χ1n) is 8.57. The maximum Gasteiger partial charge on any atom is 0.220 e. The average Bonchev–Trinajstić information content (AvgIpc) is 3.05. The standard InChI is InChI=1S/C18H24N4O3/c1-22-11-14(10-20-22)5-6-18(23)21-16-13-24-9-7-17(16)25-12-15-4-2-3-8-19-15/h2-4,8,10-11,16-17H,5-7,9,12-13H2,1H3,(H,21,23)/t16-,17-/m1/s1. The van der Waals surface area contributed by atoms with Crippen LogP contribution in [0, 0.1) is 0 Å². The first-order valence-corrected chi connectivity index (χ1v) is 8.57. The Morgan fingerprint density at radius 2 is 2.40 bits per heavy atom. The van der Waals surface area contributed by atoms with E-state index in [1.807, 2.05) is 31.4 Å². The topological polar surface area (TPSA) is 78.3 Å². The summed E-state index contributed by atoms with van der Waals surface area (Å²) in [4.78, 5) is 16.5. The molecular formula is C18H24N4O3. The number of hydrogen-bond acceptors (Lipinski definition) is 5. The van der Waals surface area contributed by atoms with Crippen molar-refractivity contribution in [1.29, 1.82) is 0 Å². The van der Waals surface area contributed by atoms with Gasteiger partial charge in [-0.25, -0.2) is 0 Å². The van der Waals surface area contributed by atoms with Gasteiger partial charge in [-0.05, 0) is 30.5 Å². The maximum atomic E-state index is 12.2. The zero-order valence-electron chi connectivity index (χ0n) is 14.4. The van der Waals surface area contributed by atoms with Crippen LogP contribution < -0.4 is 5.32 Å². The van der Waals surface area contributed by atoms with E-state index in [0.717, 1.165) is 17.7 Å². The number of rotatable bonds is 7. The number of pyridine rings is 1. The van der Waals surface area contributed by atoms with Gasteiger partial charge in [0.25, 0.3) is 0 Å². The SMILES string of the molecule is Cn1cc(CCC(=O)N[C@@H]2COCC[C@H]2OCc2ccccn2)cn1. The van der Waals surface area contributed by atoms with Gasteiger partial charge in [-0.2, -0.15) is 5.10 Å². The molecule has 7 nitrogen and oxygen atoms in total. The minimum atomic E-state index is -0.126. The molecule has 1 fully saturated rings. The molecule has 0 spiro atoms. The molecule has 1 aliphatic rings. The monoisotopic (exact) mass is 344 g/mol. The number of aromatic nitrogens is 3. The fourth-order valence-corrected chi connectivity index (χ4v) is 2.87. The lowest BCUT2D eigenvalue weighted by Crippen LogP contribution is -2.50. The van der Waals surface area contributed by atoms with Crippen LogP contribution in [0.4, 0.5) is 0 Å². The molecule has 2 aromatic rings. The van der Waals surface area contributed by atoms with Crippen molar-refractivity contribution in [3.8, 4) is 0 Å². The summed E-state index contributed by atoms with van der Waals surface area (Å²) in [5, 5.41) is 7.16. The van der Waals surface area contributed by atoms with E-state index in [1.165, 1.54) is 0 Å². The van der Waals surface area contributed by atoms with Crippen LogP contribution in [0.25, 0.3) is 0 Å². The van der Waals surface area contributed by atoms with Crippen molar-refractivity contribution in [2.45, 2.75) is 38.0 Å². The number of nitrogens with zero attached hydrogens (tertiary/aromatic N) is 3. The van der Waals surface area contributed by atoms with Crippen molar-refractivity contribution < 1.29 is 14.3 Å². The normalized spacial score (nSPS) is 20.4. The lowest BCUT2D eigenvalue weighted by molar-refractivity contribution is -0.126. The second kappa shape index (κ2) is 8.73. The van der Waals surface area contributed by atoms with E-state index in [1.54, 1.807) is 17.1 Å². The van der Waals surface area contributed by atoms with Gasteiger partial charge in [-0.1, -0.05) is 6.07 Å². The van der Waals surface area contributed by atoms with Gasteiger partial charge in [-0.15, -0.1) is 0 Å². The molecule has 25 heavy (non-hydrogen) atoms. The van der Waals surface area contributed by atoms with E-state index < -0.39 is 0 Å². The second-order valence-corrected chi connectivity index (χ2v) is 6.23. The molecule has 2 atom stereocenters. The van der Waals surface area contributed by atoms with Crippen LogP contribution in [0.3, 0.4) is 0 Å². The molecule has 1 aliphatic heterocycles. The molecule has 0 unspecified atom stereocenters. The van der Waals surface area contributed by atoms with Crippen molar-refractivity contribution in [3.05, 3.63) is 48.0 Å². The van der Waals surface area contributed by atoms with Crippen LogP contribution in [-0.2, 0) is 34.3 Å². The predicted molar refractivity (Wildman–Crippen MR) is 91.7 cm³/mol. The molecule has 0 bridgehead atoms. The first-order chi connectivity index (χ1) is 12.2. The summed E-state index contributed by atoms with van der Waals surface area (Å²) in [6.45, 7) is 1.56. The van der Waals surface area contributed by atoms with E-state index >= 15 is 0 Å². The highest BCUT2D eigenvalue weighted by Crippen LogP contribution is 2.14. The summed E-state index contributed by atoms with van der Waals surface area (Å²) in [5.74, 6) is 0.00536. The van der Waals surface area contributed by atoms with E-state index in [9.17, 15) is 4.79 Å². The van der Waals surface area contributed by atoms with Crippen LogP contribution in [0.5, 0.6) is 0 Å². The fourth-order valence-electron chi connectivity index (χ4n) is 2.87. The van der Waals surface area contributed by atoms with Crippen molar-refractivity contribution in [1.82, 2.24) is 20.1 Å². The van der Waals surface area contributed by atoms with E-state index in [0.29, 0.717) is 32.7 Å². The molecule has 0 saturated carbocycles. The number of aryl methyl sites for hydroxylation is 2. The smallest absolute Gasteiger partial charge is 0.220 e. The van der Waals surface area contributed by atoms with Crippen molar-refractivity contribution in [3.63, 3.8) is 0 Å². The quantitative estimate of drug-likeness (QED) is 0.818. The highest BCUT2D eigenvalue weighted by atomic mass is 16.5. The Morgan fingerprint density at radius 3 is 3.16 bits per heavy atom. The maximum absolute atomic E-state index is 12.2. The first kappa shape index (κ1) is 17.6. The molecule has 0 aliphatic carbocycles. The molecule has 0 aromatic carbocycles. The van der Waals surface area contributed by atoms with Crippen molar-refractivity contribution >= 4 is 5.91 Å². The second-order valence-electron chi connectivity index (χ2n) is 6.23. The van der Waals surface area contributed by atoms with Gasteiger partial charge >= 0.3 is 0 Å². The molecule has 7 heteroatoms. The van der Waals surface area contributed by atoms with Crippen LogP contribution in [0.15, 0.2) is 36.8 Å². The lowest BCUT2D eigenvalue weighted by Gasteiger charge is -2.32. The van der Waals surface area contributed by atoms with Gasteiger partial charge in [0.05, 0.1) is 37.3 Å². The Balaban J connectivity index is 1.47. The molecule has 1 amide bonds. The van der Waals surface area contributed by atoms with Crippen LogP contribution in [-0.4, -0.2) is 46.0 Å². The zero-order valence-corrected chi connectivity index (χ0v) is 14.4. The minimum Gasteiger partial charge on any atom is -0.379 e. The Bertz CT molecular complexity index is 674. The van der Waals surface area contributed by atoms with Gasteiger partial charge in [0.2, 0.25) is 5.91 Å². The molecular weight excluding hydrogens is 320 g/mol. The Kier molecular flexibility index (Phi) is 6.14. The molecule has 134 valence electrons. The summed E-state index contributed by atoms with van der Waals surface area (Å²) < 4.78 is 13.2. The summed E-state index contributed by atoms with van der Waals surface area (Å²) in [6.07, 6.45) is 7.27. The van der Waals surface area contributed by atoms with E-state index in [-0.39, 0.29) is 18.1 Å². The van der Waals surface area contributed by atoms with Gasteiger partial charge in [0.15, 0.2) is 0 Å². The van der Waals surface area contributed by atoms with Crippen molar-refractivity contribution in [2.75, 3.05) is 13.2 Å². The van der Waals surface area contributed by atoms with E-state index in [2.05, 4.69) is 15.4 Å². The zero-order chi connectivity index (χ0) is 17.5. The molecule has 0 radical (unpaired) electrons. The predicted octanol–water partition coefficient (Wildman–Crippen LogP) is 1.24. The third-order valence-electron chi connectivity index (χ3n) is 4.21. The number of carbonyl (C=O) groups is 1. The van der Waals surface area contributed by atoms with Gasteiger partial charge < -0.3 is 14.8 Å². The largest absolute Gasteiger partial charge is 0.379 e. The van der Waals surface area contributed by atoms with Gasteiger partial charge in [0.1, 0.15) is 0 Å². The highest BCUT2D eigenvalue weighted by Gasteiger charge is 2.28. The number of ether oxygens (including phenoxy) is 2. The molecule has 3 heterocycles. The summed E-state index contributed by atoms with van der Waals surface area (Å²) >= 11 is 0. The van der Waals surface area contributed by atoms with Crippen LogP contribution >= 0.6 is 0 Å². The minimum absolute atomic E-state index is 0.00536. The summed E-state index contributed by atoms with van der Waals surface area (Å²) in [7, 11) is 1.87. The Labute approximate surface area is 147 Å². The highest BCUT2D eigenvalue weighted by molar-refractivity contribution is 5.76. The third kappa shape index (κ3) is 5.37. The Morgan fingerprint density at radius 1 is 1.48 bits per heavy atom. The van der Waals surface area contributed by atoms with Crippen LogP contribution in [0.1, 0.15) is 24.1 Å². The van der Waals surface area contributed by atoms with Crippen LogP contribution in [0.2, 0.25) is 0 Å². The van der Waals surface area contributed by atoms with Gasteiger partial charge in [-0.3, -0.25) is 14.5 Å². The molecule has 1 N–H and O–H groups in total. The summed E-state index contributed by atoms with van der Waals surface area (Å²) in [6, 6.07) is 5.62. The molecule has 1 saturated heterocycles. The lowest BCUT2D eigenvalue weighted by atomic mass is 10.1. The number of hydrogen-bond donors (Lipinski definition) is 1. The van der Waals surface area contributed by atoms with E-state index in [4.69, 9.17) is 9.47 Å². The average molecular weight is 344 g/mol. The molecule has 2 aromatic heterocycles. The Hall–Kier alpha value is -2.25. The van der Waals surface area contributed by atoms with Crippen molar-refractivity contribution in [2.24, 2.45) is 7.05 Å². The third-order valence-corrected chi connectivity index (χ3v) is 4.21. The molecule has 3 rings (SSSR count). The fraction of sp³-hybridized carbons (Fsp3) is 0.500. The number of carbonyl (C=O) groups excluding carboxylic acids is 1. The number of nitrogens with one attached hydrogen (secondary N) is 1.